The fourth-order valence-corrected chi connectivity index (χ4v) is 4.73. The van der Waals surface area contributed by atoms with Crippen molar-refractivity contribution in [3.05, 3.63) is 75.6 Å². The number of nitrogens with one attached hydrogen (secondary N) is 1. The van der Waals surface area contributed by atoms with Gasteiger partial charge in [0.25, 0.3) is 17.5 Å². The van der Waals surface area contributed by atoms with Crippen molar-refractivity contribution in [2.75, 3.05) is 19.7 Å². The van der Waals surface area contributed by atoms with E-state index < -0.39 is 28.4 Å². The first-order chi connectivity index (χ1) is 17.6. The topological polar surface area (TPSA) is 122 Å². The van der Waals surface area contributed by atoms with Gasteiger partial charge in [-0.25, -0.2) is 4.39 Å². The van der Waals surface area contributed by atoms with Crippen molar-refractivity contribution in [3.63, 3.8) is 0 Å². The van der Waals surface area contributed by atoms with Crippen molar-refractivity contribution < 1.29 is 28.4 Å². The first kappa shape index (κ1) is 26.2. The van der Waals surface area contributed by atoms with E-state index in [0.29, 0.717) is 6.42 Å². The highest BCUT2D eigenvalue weighted by Gasteiger charge is 2.54. The summed E-state index contributed by atoms with van der Waals surface area (Å²) in [6.45, 7) is 4.23. The number of halogens is 1. The van der Waals surface area contributed by atoms with Crippen LogP contribution in [0.25, 0.3) is 0 Å². The maximum Gasteiger partial charge on any atom is 0.270 e. The molecule has 1 spiro atoms. The van der Waals surface area contributed by atoms with Gasteiger partial charge in [0.15, 0.2) is 0 Å². The third kappa shape index (κ3) is 5.31. The molecule has 0 saturated carbocycles. The zero-order chi connectivity index (χ0) is 26.7. The number of piperidine rings is 1. The second-order valence-electron chi connectivity index (χ2n) is 9.37. The van der Waals surface area contributed by atoms with Crippen LogP contribution in [-0.4, -0.2) is 69.9 Å². The fraction of sp³-hybridized carbons (Fsp3) is 0.423. The second-order valence-corrected chi connectivity index (χ2v) is 9.37. The van der Waals surface area contributed by atoms with Gasteiger partial charge in [-0.05, 0) is 43.7 Å². The van der Waals surface area contributed by atoms with Crippen molar-refractivity contribution in [1.82, 2.24) is 15.1 Å². The molecule has 2 aromatic rings. The van der Waals surface area contributed by atoms with E-state index in [-0.39, 0.29) is 67.2 Å². The van der Waals surface area contributed by atoms with Gasteiger partial charge in [0.05, 0.1) is 11.5 Å². The number of rotatable bonds is 6. The number of hydrogen-bond donors (Lipinski definition) is 1. The van der Waals surface area contributed by atoms with Gasteiger partial charge in [-0.3, -0.25) is 29.4 Å². The third-order valence-electron chi connectivity index (χ3n) is 7.01. The van der Waals surface area contributed by atoms with E-state index in [4.69, 9.17) is 4.74 Å². The lowest BCUT2D eigenvalue weighted by molar-refractivity contribution is -0.384. The molecule has 3 amide bonds. The summed E-state index contributed by atoms with van der Waals surface area (Å²) in [7, 11) is 0. The highest BCUT2D eigenvalue weighted by atomic mass is 19.1. The smallest absolute Gasteiger partial charge is 0.270 e. The number of hydrogen-bond acceptors (Lipinski definition) is 6. The summed E-state index contributed by atoms with van der Waals surface area (Å²) in [5.41, 5.74) is -0.877. The molecule has 0 aromatic heterocycles. The van der Waals surface area contributed by atoms with Crippen molar-refractivity contribution in [2.24, 2.45) is 0 Å². The maximum absolute atomic E-state index is 13.6. The van der Waals surface area contributed by atoms with Gasteiger partial charge in [-0.1, -0.05) is 13.0 Å². The summed E-state index contributed by atoms with van der Waals surface area (Å²) >= 11 is 0. The number of nitro benzene ring substituents is 1. The quantitative estimate of drug-likeness (QED) is 0.469. The first-order valence-corrected chi connectivity index (χ1v) is 12.2. The Morgan fingerprint density at radius 3 is 2.43 bits per heavy atom. The van der Waals surface area contributed by atoms with Crippen LogP contribution >= 0.6 is 0 Å². The lowest BCUT2D eigenvalue weighted by Gasteiger charge is -2.44. The summed E-state index contributed by atoms with van der Waals surface area (Å²) in [6.07, 6.45) is 1.20. The monoisotopic (exact) mass is 512 g/mol. The number of amides is 3. The molecular weight excluding hydrogens is 483 g/mol. The molecule has 2 aromatic carbocycles. The summed E-state index contributed by atoms with van der Waals surface area (Å²) in [4.78, 5) is 53.4. The number of benzene rings is 2. The molecule has 4 rings (SSSR count). The van der Waals surface area contributed by atoms with Crippen molar-refractivity contribution >= 4 is 23.4 Å². The van der Waals surface area contributed by atoms with E-state index in [0.717, 1.165) is 0 Å². The van der Waals surface area contributed by atoms with E-state index in [9.17, 15) is 28.9 Å². The molecule has 0 radical (unpaired) electrons. The Morgan fingerprint density at radius 1 is 1.14 bits per heavy atom. The fourth-order valence-electron chi connectivity index (χ4n) is 4.73. The molecule has 10 nitrogen and oxygen atoms in total. The molecule has 1 N–H and O–H groups in total. The second kappa shape index (κ2) is 10.6. The molecule has 11 heteroatoms. The number of carbonyl (C=O) groups excluding carboxylic acids is 3. The average Bonchev–Trinajstić information content (AvgIpc) is 3.27. The number of nitrogens with zero attached hydrogens (tertiary/aromatic N) is 3. The normalized spacial score (nSPS) is 19.5. The van der Waals surface area contributed by atoms with Gasteiger partial charge in [0, 0.05) is 55.2 Å². The van der Waals surface area contributed by atoms with Gasteiger partial charge in [0.1, 0.15) is 17.6 Å². The highest BCUT2D eigenvalue weighted by Crippen LogP contribution is 2.39. The molecule has 2 atom stereocenters. The first-order valence-electron chi connectivity index (χ1n) is 12.2. The number of carbonyl (C=O) groups is 3. The van der Waals surface area contributed by atoms with Gasteiger partial charge in [-0.2, -0.15) is 0 Å². The van der Waals surface area contributed by atoms with E-state index in [1.54, 1.807) is 4.90 Å². The zero-order valence-corrected chi connectivity index (χ0v) is 20.7. The molecular formula is C26H29FN4O6. The average molecular weight is 513 g/mol. The summed E-state index contributed by atoms with van der Waals surface area (Å²) in [6, 6.07) is 9.66. The minimum Gasteiger partial charge on any atom is -0.353 e. The molecule has 0 unspecified atom stereocenters. The van der Waals surface area contributed by atoms with E-state index >= 15 is 0 Å². The van der Waals surface area contributed by atoms with Crippen LogP contribution < -0.4 is 5.32 Å². The largest absolute Gasteiger partial charge is 0.353 e. The molecule has 37 heavy (non-hydrogen) atoms. The minimum absolute atomic E-state index is 0.00592. The molecule has 2 aliphatic rings. The third-order valence-corrected chi connectivity index (χ3v) is 7.01. The highest BCUT2D eigenvalue weighted by molar-refractivity contribution is 5.98. The van der Waals surface area contributed by atoms with Crippen LogP contribution in [0.15, 0.2) is 48.5 Å². The molecule has 2 aliphatic heterocycles. The molecule has 2 fully saturated rings. The number of non-ortho nitro benzene ring substituents is 1. The number of ether oxygens (including phenoxy) is 1. The van der Waals surface area contributed by atoms with Crippen LogP contribution in [-0.2, 0) is 9.53 Å². The maximum atomic E-state index is 13.6. The van der Waals surface area contributed by atoms with Gasteiger partial charge in [-0.15, -0.1) is 0 Å². The summed E-state index contributed by atoms with van der Waals surface area (Å²) < 4.78 is 19.6. The SMILES string of the molecule is CC[C@@H](C)NC(=O)[C@@H]1COC2(CCN(C(=O)c3cccc([N+](=O)[O-])c3)CC2)N1C(=O)c1ccc(F)cc1. The van der Waals surface area contributed by atoms with Crippen LogP contribution in [0.4, 0.5) is 10.1 Å². The minimum atomic E-state index is -1.12. The Balaban J connectivity index is 1.57. The van der Waals surface area contributed by atoms with Crippen molar-refractivity contribution in [2.45, 2.75) is 50.9 Å². The Labute approximate surface area is 213 Å². The Morgan fingerprint density at radius 2 is 1.81 bits per heavy atom. The molecule has 0 bridgehead atoms. The predicted molar refractivity (Wildman–Crippen MR) is 131 cm³/mol. The lowest BCUT2D eigenvalue weighted by atomic mass is 9.96. The Bertz CT molecular complexity index is 1200. The Kier molecular flexibility index (Phi) is 7.53. The number of nitro groups is 1. The molecule has 2 heterocycles. The van der Waals surface area contributed by atoms with Crippen LogP contribution in [0.1, 0.15) is 53.8 Å². The Hall–Kier alpha value is -3.86. The van der Waals surface area contributed by atoms with Crippen molar-refractivity contribution in [1.29, 1.82) is 0 Å². The molecule has 0 aliphatic carbocycles. The van der Waals surface area contributed by atoms with Gasteiger partial charge < -0.3 is 15.0 Å². The van der Waals surface area contributed by atoms with Gasteiger partial charge in [0.2, 0.25) is 5.91 Å². The van der Waals surface area contributed by atoms with E-state index in [1.807, 2.05) is 13.8 Å². The number of likely N-dealkylation sites (tertiary alicyclic amines) is 1. The standard InChI is InChI=1S/C26H29FN4O6/c1-3-17(2)28-23(32)22-16-37-26(30(22)25(34)18-7-9-20(27)10-8-18)11-13-29(14-12-26)24(33)19-5-4-6-21(15-19)31(35)36/h4-10,15,17,22H,3,11-14,16H2,1-2H3,(H,28,32)/t17-,22+/m1/s1. The molecule has 2 saturated heterocycles. The van der Waals surface area contributed by atoms with Gasteiger partial charge >= 0.3 is 0 Å². The van der Waals surface area contributed by atoms with Crippen LogP contribution in [0.5, 0.6) is 0 Å². The van der Waals surface area contributed by atoms with Crippen LogP contribution in [0.2, 0.25) is 0 Å². The van der Waals surface area contributed by atoms with E-state index in [2.05, 4.69) is 5.32 Å². The van der Waals surface area contributed by atoms with Crippen LogP contribution in [0, 0.1) is 15.9 Å². The zero-order valence-electron chi connectivity index (χ0n) is 20.7. The van der Waals surface area contributed by atoms with Crippen molar-refractivity contribution in [3.8, 4) is 0 Å². The lowest BCUT2D eigenvalue weighted by Crippen LogP contribution is -2.60. The molecule has 196 valence electrons. The van der Waals surface area contributed by atoms with Crippen LogP contribution in [0.3, 0.4) is 0 Å². The predicted octanol–water partition coefficient (Wildman–Crippen LogP) is 3.12. The summed E-state index contributed by atoms with van der Waals surface area (Å²) in [5, 5.41) is 14.0. The van der Waals surface area contributed by atoms with E-state index in [1.165, 1.54) is 53.4 Å². The summed E-state index contributed by atoms with van der Waals surface area (Å²) in [5.74, 6) is -1.64.